The lowest BCUT2D eigenvalue weighted by molar-refractivity contribution is -0.318. The Morgan fingerprint density at radius 3 is 2.26 bits per heavy atom. The number of aromatic nitrogens is 4. The number of aryl methyl sites for hydroxylation is 2. The third kappa shape index (κ3) is 12.7. The first-order valence-corrected chi connectivity index (χ1v) is 26.7. The molecule has 18 atom stereocenters. The first-order chi connectivity index (χ1) is 34.9. The van der Waals surface area contributed by atoms with E-state index in [1.165, 1.54) is 24.9 Å². The molecule has 0 radical (unpaired) electrons. The number of benzene rings is 2. The van der Waals surface area contributed by atoms with Crippen LogP contribution in [0.15, 0.2) is 67.0 Å². The summed E-state index contributed by atoms with van der Waals surface area (Å²) in [6.07, 6.45) is -4.91. The zero-order valence-electron chi connectivity index (χ0n) is 45.9. The largest absolute Gasteiger partial charge is 0.459 e. The van der Waals surface area contributed by atoms with Crippen molar-refractivity contribution < 1.29 is 58.7 Å². The van der Waals surface area contributed by atoms with Gasteiger partial charge in [0.1, 0.15) is 35.7 Å². The molecule has 7 rings (SSSR count). The number of aliphatic hydroxyl groups excluding tert-OH is 3. The molecular formula is C56H86N6O12. The highest BCUT2D eigenvalue weighted by Crippen LogP contribution is 2.40. The van der Waals surface area contributed by atoms with Gasteiger partial charge >= 0.3 is 5.97 Å². The number of ether oxygens (including phenoxy) is 6. The van der Waals surface area contributed by atoms with Crippen molar-refractivity contribution in [3.05, 3.63) is 72.6 Å². The zero-order chi connectivity index (χ0) is 54.0. The van der Waals surface area contributed by atoms with Crippen molar-refractivity contribution in [3.8, 4) is 11.3 Å². The molecule has 18 heteroatoms. The normalized spacial score (nSPS) is 38.4. The summed E-state index contributed by atoms with van der Waals surface area (Å²) in [5.74, 6) is -2.85. The van der Waals surface area contributed by atoms with Crippen LogP contribution in [-0.2, 0) is 52.8 Å². The van der Waals surface area contributed by atoms with Crippen LogP contribution >= 0.6 is 0 Å². The van der Waals surface area contributed by atoms with E-state index < -0.39 is 96.0 Å². The van der Waals surface area contributed by atoms with Crippen molar-refractivity contribution in [2.45, 2.75) is 205 Å². The summed E-state index contributed by atoms with van der Waals surface area (Å²) in [7, 11) is 5.29. The third-order valence-electron chi connectivity index (χ3n) is 16.5. The molecule has 3 saturated heterocycles. The Morgan fingerprint density at radius 2 is 1.58 bits per heavy atom. The Labute approximate surface area is 437 Å². The van der Waals surface area contributed by atoms with Gasteiger partial charge in [-0.15, -0.1) is 5.10 Å². The van der Waals surface area contributed by atoms with Gasteiger partial charge in [-0.25, -0.2) is 0 Å². The second-order valence-electron chi connectivity index (χ2n) is 22.8. The van der Waals surface area contributed by atoms with Gasteiger partial charge in [-0.3, -0.25) is 14.4 Å². The highest BCUT2D eigenvalue weighted by molar-refractivity contribution is 5.79. The lowest BCUT2D eigenvalue weighted by atomic mass is 9.77. The lowest BCUT2D eigenvalue weighted by Crippen LogP contribution is -2.60. The highest BCUT2D eigenvalue weighted by Gasteiger charge is 2.53. The van der Waals surface area contributed by atoms with Gasteiger partial charge in [-0.05, 0) is 111 Å². The van der Waals surface area contributed by atoms with Gasteiger partial charge in [-0.1, -0.05) is 68.4 Å². The van der Waals surface area contributed by atoms with Crippen molar-refractivity contribution >= 4 is 16.9 Å². The van der Waals surface area contributed by atoms with Crippen LogP contribution in [0.1, 0.15) is 100 Å². The minimum absolute atomic E-state index is 0.106. The number of carbonyl (C=O) groups is 1. The molecule has 74 heavy (non-hydrogen) atoms. The van der Waals surface area contributed by atoms with E-state index in [-0.39, 0.29) is 37.3 Å². The van der Waals surface area contributed by atoms with Crippen molar-refractivity contribution in [2.24, 2.45) is 17.8 Å². The van der Waals surface area contributed by atoms with Gasteiger partial charge in [0.2, 0.25) is 0 Å². The standard InChI is InChI=1S/C56H86N6O12/c1-14-45-56(10,68)49(64)37(6)61(31-39-19-21-40(22-20-39)42-32-62(58-57-42)26-25-60-24-23-41-17-15-16-18-43(41)60)30-33(2)28-54(8,67)51(74-53-47(63)44(59(11)12)27-34(3)70-53)35(4)48(36(5)52(66)72-45)73-46-29-55(9,69-13)50(65)38(7)71-46/h15-24,32-38,44-51,53,63-65,67-68H,14,25-31H2,1-13H3/t33-,34-,35+,36-,37-,38+,44+,45-,46+,47-,48+,49-,50+,51-,53+,54-,55-,56-/m1/s1. The van der Waals surface area contributed by atoms with Crippen LogP contribution in [0.3, 0.4) is 0 Å². The third-order valence-corrected chi connectivity index (χ3v) is 16.5. The molecule has 3 aliphatic heterocycles. The molecule has 5 N–H and O–H groups in total. The molecule has 412 valence electrons. The average Bonchev–Trinajstić information content (AvgIpc) is 4.01. The number of fused-ring (bicyclic) bond motifs is 1. The fourth-order valence-corrected chi connectivity index (χ4v) is 11.9. The van der Waals surface area contributed by atoms with Crippen molar-refractivity contribution in [1.29, 1.82) is 0 Å². The number of carbonyl (C=O) groups excluding carboxylic acids is 1. The Kier molecular flexibility index (Phi) is 18.6. The van der Waals surface area contributed by atoms with Gasteiger partial charge in [-0.2, -0.15) is 0 Å². The second-order valence-corrected chi connectivity index (χ2v) is 22.8. The molecule has 3 fully saturated rings. The molecule has 0 saturated carbocycles. The van der Waals surface area contributed by atoms with E-state index in [1.807, 2.05) is 94.0 Å². The van der Waals surface area contributed by atoms with Crippen LogP contribution in [-0.4, -0.2) is 179 Å². The Balaban J connectivity index is 1.19. The van der Waals surface area contributed by atoms with E-state index in [4.69, 9.17) is 28.4 Å². The van der Waals surface area contributed by atoms with Gasteiger partial charge < -0.3 is 63.4 Å². The quantitative estimate of drug-likeness (QED) is 0.106. The molecule has 0 bridgehead atoms. The fourth-order valence-electron chi connectivity index (χ4n) is 11.9. The summed E-state index contributed by atoms with van der Waals surface area (Å²) in [4.78, 5) is 18.7. The molecule has 0 aliphatic carbocycles. The monoisotopic (exact) mass is 1030 g/mol. The predicted molar refractivity (Wildman–Crippen MR) is 279 cm³/mol. The molecule has 4 aromatic rings. The number of para-hydroxylation sites is 1. The Bertz CT molecular complexity index is 2430. The molecule has 18 nitrogen and oxygen atoms in total. The van der Waals surface area contributed by atoms with Gasteiger partial charge in [0.25, 0.3) is 0 Å². The summed E-state index contributed by atoms with van der Waals surface area (Å²) >= 11 is 0. The molecule has 5 heterocycles. The van der Waals surface area contributed by atoms with Gasteiger partial charge in [0.05, 0.1) is 54.3 Å². The lowest BCUT2D eigenvalue weighted by Gasteiger charge is -2.48. The summed E-state index contributed by atoms with van der Waals surface area (Å²) in [5, 5.41) is 70.7. The molecule has 2 aromatic heterocycles. The number of hydrogen-bond donors (Lipinski definition) is 5. The maximum Gasteiger partial charge on any atom is 0.311 e. The molecule has 0 spiro atoms. The van der Waals surface area contributed by atoms with Crippen molar-refractivity contribution in [1.82, 2.24) is 29.4 Å². The van der Waals surface area contributed by atoms with Crippen LogP contribution in [0.2, 0.25) is 0 Å². The first-order valence-electron chi connectivity index (χ1n) is 26.7. The smallest absolute Gasteiger partial charge is 0.311 e. The number of likely N-dealkylation sites (N-methyl/N-ethyl adjacent to an activating group) is 1. The summed E-state index contributed by atoms with van der Waals surface area (Å²) in [5.41, 5.74) is -0.903. The SMILES string of the molecule is CC[C@H]1OC(=O)[C@H](C)[C@@H](O[C@H]2C[C@@](C)(OC)[C@@H](O)[C@H](C)O2)[C@H](C)[C@@H](O[C@@H]2O[C@H](C)C[C@H](N(C)C)[C@H]2O)[C@](C)(O)C[C@@H](C)CN(Cc2ccc(-c3cn(CCn4ccc5ccccc54)nn3)cc2)[C@H](C)[C@@H](O)[C@]1(C)O. The number of cyclic esters (lactones) is 1. The van der Waals surface area contributed by atoms with Crippen molar-refractivity contribution in [3.63, 3.8) is 0 Å². The Hall–Kier alpha value is -3.89. The second kappa shape index (κ2) is 23.8. The summed E-state index contributed by atoms with van der Waals surface area (Å²) in [6.45, 7) is 19.9. The van der Waals surface area contributed by atoms with Crippen LogP contribution in [0.4, 0.5) is 0 Å². The minimum atomic E-state index is -1.92. The number of hydrogen-bond acceptors (Lipinski definition) is 16. The number of esters is 1. The highest BCUT2D eigenvalue weighted by atomic mass is 16.7. The van der Waals surface area contributed by atoms with Crippen LogP contribution in [0.5, 0.6) is 0 Å². The van der Waals surface area contributed by atoms with Gasteiger partial charge in [0.15, 0.2) is 12.6 Å². The minimum Gasteiger partial charge on any atom is -0.459 e. The summed E-state index contributed by atoms with van der Waals surface area (Å²) in [6, 6.07) is 17.4. The van der Waals surface area contributed by atoms with Crippen molar-refractivity contribution in [2.75, 3.05) is 27.7 Å². The predicted octanol–water partition coefficient (Wildman–Crippen LogP) is 5.38. The Morgan fingerprint density at radius 1 is 0.878 bits per heavy atom. The van der Waals surface area contributed by atoms with E-state index in [9.17, 15) is 30.3 Å². The molecular weight excluding hydrogens is 949 g/mol. The van der Waals surface area contributed by atoms with E-state index in [1.54, 1.807) is 34.6 Å². The van der Waals surface area contributed by atoms with Gasteiger partial charge in [0, 0.05) is 68.4 Å². The maximum absolute atomic E-state index is 14.7. The van der Waals surface area contributed by atoms with Crippen LogP contribution in [0.25, 0.3) is 22.2 Å². The topological polar surface area (TPSA) is 216 Å². The molecule has 3 aliphatic rings. The van der Waals surface area contributed by atoms with Crippen LogP contribution < -0.4 is 0 Å². The number of methoxy groups -OCH3 is 1. The molecule has 2 aromatic carbocycles. The molecule has 0 amide bonds. The number of rotatable bonds is 13. The number of nitrogens with zero attached hydrogens (tertiary/aromatic N) is 6. The van der Waals surface area contributed by atoms with E-state index >= 15 is 0 Å². The summed E-state index contributed by atoms with van der Waals surface area (Å²) < 4.78 is 42.4. The van der Waals surface area contributed by atoms with E-state index in [0.717, 1.165) is 23.4 Å². The van der Waals surface area contributed by atoms with E-state index in [2.05, 4.69) is 44.2 Å². The van der Waals surface area contributed by atoms with E-state index in [0.29, 0.717) is 26.1 Å². The van der Waals surface area contributed by atoms with Crippen LogP contribution in [0, 0.1) is 17.8 Å². The zero-order valence-corrected chi connectivity index (χ0v) is 45.9. The molecule has 0 unspecified atom stereocenters. The average molecular weight is 1040 g/mol. The fraction of sp³-hybridized carbons (Fsp3) is 0.696. The first kappa shape index (κ1) is 57.8. The number of aliphatic hydroxyl groups is 5. The maximum atomic E-state index is 14.7.